The van der Waals surface area contributed by atoms with Crippen LogP contribution in [0.5, 0.6) is 0 Å². The van der Waals surface area contributed by atoms with Gasteiger partial charge in [-0.15, -0.1) is 0 Å². The zero-order valence-electron chi connectivity index (χ0n) is 12.8. The average molecular weight is 318 g/mol. The maximum Gasteiger partial charge on any atom is 0.317 e. The summed E-state index contributed by atoms with van der Waals surface area (Å²) in [6.45, 7) is 3.09. The van der Waals surface area contributed by atoms with Crippen molar-refractivity contribution < 1.29 is 18.9 Å². The summed E-state index contributed by atoms with van der Waals surface area (Å²) in [6.07, 6.45) is 5.84. The van der Waals surface area contributed by atoms with Gasteiger partial charge in [0.05, 0.1) is 0 Å². The first-order chi connectivity index (χ1) is 9.91. The Morgan fingerprint density at radius 1 is 1.43 bits per heavy atom. The Bertz CT molecular complexity index is 389. The predicted octanol–water partition coefficient (Wildman–Crippen LogP) is 1.57. The molecule has 0 radical (unpaired) electrons. The van der Waals surface area contributed by atoms with Crippen LogP contribution in [0.4, 0.5) is 4.79 Å². The van der Waals surface area contributed by atoms with Gasteiger partial charge in [-0.2, -0.15) is 0 Å². The van der Waals surface area contributed by atoms with E-state index in [4.69, 9.17) is 5.11 Å². The number of hydrogen-bond donors (Lipinski definition) is 2. The fraction of sp³-hybridized carbons (Fsp3) is 0.857. The Morgan fingerprint density at radius 3 is 2.76 bits per heavy atom. The number of rotatable bonds is 7. The number of urea groups is 1. The molecule has 6 nitrogen and oxygen atoms in total. The van der Waals surface area contributed by atoms with Gasteiger partial charge < -0.3 is 15.3 Å². The lowest BCUT2D eigenvalue weighted by Crippen LogP contribution is -2.49. The molecule has 3 atom stereocenters. The van der Waals surface area contributed by atoms with Gasteiger partial charge in [0.1, 0.15) is 0 Å². The highest BCUT2D eigenvalue weighted by molar-refractivity contribution is 7.84. The summed E-state index contributed by atoms with van der Waals surface area (Å²) in [7, 11) is -0.875. The number of aliphatic carboxylic acids is 1. The summed E-state index contributed by atoms with van der Waals surface area (Å²) in [6, 6.07) is -0.105. The minimum atomic E-state index is -0.875. The van der Waals surface area contributed by atoms with E-state index in [0.29, 0.717) is 25.9 Å². The van der Waals surface area contributed by atoms with Crippen LogP contribution in [0.15, 0.2) is 0 Å². The molecule has 1 aliphatic rings. The number of carbonyl (C=O) groups is 2. The number of hydrogen-bond acceptors (Lipinski definition) is 3. The molecule has 0 aromatic heterocycles. The zero-order chi connectivity index (χ0) is 15.8. The fourth-order valence-electron chi connectivity index (χ4n) is 2.51. The van der Waals surface area contributed by atoms with Crippen molar-refractivity contribution in [1.82, 2.24) is 10.2 Å². The second-order valence-electron chi connectivity index (χ2n) is 5.61. The minimum Gasteiger partial charge on any atom is -0.481 e. The molecule has 2 amide bonds. The van der Waals surface area contributed by atoms with Crippen LogP contribution in [-0.2, 0) is 15.6 Å². The monoisotopic (exact) mass is 318 g/mol. The average Bonchev–Trinajstić information content (AvgIpc) is 2.44. The van der Waals surface area contributed by atoms with Gasteiger partial charge in [-0.1, -0.05) is 6.92 Å². The van der Waals surface area contributed by atoms with Crippen LogP contribution < -0.4 is 5.32 Å². The third-order valence-electron chi connectivity index (χ3n) is 3.97. The highest BCUT2D eigenvalue weighted by atomic mass is 32.2. The minimum absolute atomic E-state index is 0.0209. The first kappa shape index (κ1) is 17.9. The first-order valence-electron chi connectivity index (χ1n) is 7.50. The van der Waals surface area contributed by atoms with Crippen LogP contribution in [-0.4, -0.2) is 56.9 Å². The van der Waals surface area contributed by atoms with Gasteiger partial charge in [-0.3, -0.25) is 9.00 Å². The Kier molecular flexibility index (Phi) is 7.71. The molecule has 0 spiro atoms. The van der Waals surface area contributed by atoms with Gasteiger partial charge in [0.25, 0.3) is 0 Å². The van der Waals surface area contributed by atoms with E-state index in [1.165, 1.54) is 0 Å². The highest BCUT2D eigenvalue weighted by Crippen LogP contribution is 2.20. The topological polar surface area (TPSA) is 86.7 Å². The number of piperidine rings is 1. The van der Waals surface area contributed by atoms with Crippen LogP contribution in [0, 0.1) is 0 Å². The van der Waals surface area contributed by atoms with Crippen molar-refractivity contribution in [1.29, 1.82) is 0 Å². The maximum absolute atomic E-state index is 12.2. The Balaban J connectivity index is 2.41. The van der Waals surface area contributed by atoms with Crippen molar-refractivity contribution in [3.8, 4) is 0 Å². The molecule has 0 aromatic rings. The SMILES string of the molecule is CC(CCNC(=O)N1CCCCC1CCC(=O)O)S(C)=O. The molecule has 0 aliphatic carbocycles. The van der Waals surface area contributed by atoms with Gasteiger partial charge in [-0.25, -0.2) is 4.79 Å². The predicted molar refractivity (Wildman–Crippen MR) is 82.8 cm³/mol. The molecule has 1 fully saturated rings. The molecule has 21 heavy (non-hydrogen) atoms. The Hall–Kier alpha value is -1.11. The lowest BCUT2D eigenvalue weighted by molar-refractivity contribution is -0.137. The van der Waals surface area contributed by atoms with Crippen molar-refractivity contribution in [2.45, 2.75) is 56.7 Å². The van der Waals surface area contributed by atoms with E-state index in [2.05, 4.69) is 5.32 Å². The van der Waals surface area contributed by atoms with Gasteiger partial charge >= 0.3 is 12.0 Å². The molecule has 122 valence electrons. The van der Waals surface area contributed by atoms with Gasteiger partial charge in [0.2, 0.25) is 0 Å². The summed E-state index contributed by atoms with van der Waals surface area (Å²) < 4.78 is 11.3. The molecular formula is C14H26N2O4S. The third kappa shape index (κ3) is 6.46. The summed E-state index contributed by atoms with van der Waals surface area (Å²) in [4.78, 5) is 24.6. The Labute approximate surface area is 128 Å². The quantitative estimate of drug-likeness (QED) is 0.746. The van der Waals surface area contributed by atoms with Gasteiger partial charge in [-0.05, 0) is 32.1 Å². The van der Waals surface area contributed by atoms with Crippen molar-refractivity contribution in [3.05, 3.63) is 0 Å². The second-order valence-corrected chi connectivity index (χ2v) is 7.41. The van der Waals surface area contributed by atoms with Crippen LogP contribution in [0.3, 0.4) is 0 Å². The van der Waals surface area contributed by atoms with Crippen LogP contribution in [0.25, 0.3) is 0 Å². The van der Waals surface area contributed by atoms with Crippen molar-refractivity contribution in [2.75, 3.05) is 19.3 Å². The van der Waals surface area contributed by atoms with E-state index in [1.807, 2.05) is 6.92 Å². The van der Waals surface area contributed by atoms with Crippen LogP contribution in [0.1, 0.15) is 45.4 Å². The molecule has 0 bridgehead atoms. The lowest BCUT2D eigenvalue weighted by atomic mass is 9.98. The molecule has 1 heterocycles. The van der Waals surface area contributed by atoms with Crippen molar-refractivity contribution in [2.24, 2.45) is 0 Å². The molecule has 7 heteroatoms. The molecule has 0 saturated carbocycles. The molecule has 0 aromatic carbocycles. The summed E-state index contributed by atoms with van der Waals surface area (Å²) in [5.41, 5.74) is 0. The van der Waals surface area contributed by atoms with E-state index in [9.17, 15) is 13.8 Å². The number of likely N-dealkylation sites (tertiary alicyclic amines) is 1. The van der Waals surface area contributed by atoms with E-state index >= 15 is 0 Å². The summed E-state index contributed by atoms with van der Waals surface area (Å²) in [5, 5.41) is 11.7. The highest BCUT2D eigenvalue weighted by Gasteiger charge is 2.26. The lowest BCUT2D eigenvalue weighted by Gasteiger charge is -2.35. The second kappa shape index (κ2) is 9.02. The van der Waals surface area contributed by atoms with Crippen LogP contribution >= 0.6 is 0 Å². The third-order valence-corrected chi connectivity index (χ3v) is 5.34. The number of nitrogens with zero attached hydrogens (tertiary/aromatic N) is 1. The standard InChI is InChI=1S/C14H26N2O4S/c1-11(21(2)20)8-9-15-14(19)16-10-4-3-5-12(16)6-7-13(17)18/h11-12H,3-10H2,1-2H3,(H,15,19)(H,17,18). The zero-order valence-corrected chi connectivity index (χ0v) is 13.7. The maximum atomic E-state index is 12.2. The normalized spacial score (nSPS) is 21.6. The van der Waals surface area contributed by atoms with Gasteiger partial charge in [0, 0.05) is 47.9 Å². The summed E-state index contributed by atoms with van der Waals surface area (Å²) >= 11 is 0. The first-order valence-corrected chi connectivity index (χ1v) is 9.12. The van der Waals surface area contributed by atoms with E-state index in [1.54, 1.807) is 11.2 Å². The molecule has 2 N–H and O–H groups in total. The van der Waals surface area contributed by atoms with E-state index in [-0.39, 0.29) is 23.7 Å². The number of carboxylic acids is 1. The summed E-state index contributed by atoms with van der Waals surface area (Å²) in [5.74, 6) is -0.819. The molecular weight excluding hydrogens is 292 g/mol. The molecule has 3 unspecified atom stereocenters. The number of carboxylic acid groups (broad SMARTS) is 1. The van der Waals surface area contributed by atoms with Gasteiger partial charge in [0.15, 0.2) is 0 Å². The fourth-order valence-corrected chi connectivity index (χ4v) is 2.96. The van der Waals surface area contributed by atoms with E-state index in [0.717, 1.165) is 19.3 Å². The number of nitrogens with one attached hydrogen (secondary N) is 1. The molecule has 1 aliphatic heterocycles. The largest absolute Gasteiger partial charge is 0.481 e. The number of amides is 2. The Morgan fingerprint density at radius 2 is 2.14 bits per heavy atom. The smallest absolute Gasteiger partial charge is 0.317 e. The van der Waals surface area contributed by atoms with Crippen molar-refractivity contribution in [3.63, 3.8) is 0 Å². The molecule has 1 rings (SSSR count). The van der Waals surface area contributed by atoms with Crippen LogP contribution in [0.2, 0.25) is 0 Å². The number of carbonyl (C=O) groups excluding carboxylic acids is 1. The van der Waals surface area contributed by atoms with E-state index < -0.39 is 16.8 Å². The van der Waals surface area contributed by atoms with Crippen molar-refractivity contribution >= 4 is 22.8 Å². The molecule has 1 saturated heterocycles.